The molecule has 1 aliphatic heterocycles. The first-order chi connectivity index (χ1) is 16.4. The fourth-order valence-corrected chi connectivity index (χ4v) is 4.53. The van der Waals surface area contributed by atoms with Gasteiger partial charge in [0.1, 0.15) is 17.3 Å². The number of fused-ring (bicyclic) bond motifs is 2. The van der Waals surface area contributed by atoms with Gasteiger partial charge < -0.3 is 15.1 Å². The number of rotatable bonds is 4. The maximum Gasteiger partial charge on any atom is 0.258 e. The number of aromatic nitrogens is 3. The molecule has 0 saturated heterocycles. The van der Waals surface area contributed by atoms with Crippen LogP contribution in [0.5, 0.6) is 0 Å². The minimum absolute atomic E-state index is 0.00717. The molecule has 1 unspecified atom stereocenters. The lowest BCUT2D eigenvalue weighted by Crippen LogP contribution is -2.44. The van der Waals surface area contributed by atoms with Crippen molar-refractivity contribution in [2.75, 3.05) is 0 Å². The van der Waals surface area contributed by atoms with Gasteiger partial charge in [-0.05, 0) is 43.7 Å². The van der Waals surface area contributed by atoms with Gasteiger partial charge in [0.15, 0.2) is 7.85 Å². The van der Waals surface area contributed by atoms with Gasteiger partial charge in [-0.15, -0.1) is 0 Å². The zero-order chi connectivity index (χ0) is 25.3. The lowest BCUT2D eigenvalue weighted by molar-refractivity contribution is -0.0228. The number of carbonyl (C=O) groups excluding carboxylic acids is 1. The molecule has 3 heterocycles. The lowest BCUT2D eigenvalue weighted by Gasteiger charge is -2.31. The lowest BCUT2D eigenvalue weighted by atomic mass is 9.87. The highest BCUT2D eigenvalue weighted by Crippen LogP contribution is 2.38. The third-order valence-electron chi connectivity index (χ3n) is 6.25. The van der Waals surface area contributed by atoms with Crippen LogP contribution in [0.3, 0.4) is 0 Å². The van der Waals surface area contributed by atoms with Crippen LogP contribution in [0, 0.1) is 11.6 Å². The fourth-order valence-electron chi connectivity index (χ4n) is 4.53. The number of hydrogen-bond acceptors (Lipinski definition) is 5. The molecule has 0 aliphatic carbocycles. The summed E-state index contributed by atoms with van der Waals surface area (Å²) < 4.78 is 32.1. The molecule has 0 spiro atoms. The summed E-state index contributed by atoms with van der Waals surface area (Å²) in [6.07, 6.45) is 3.05. The van der Waals surface area contributed by atoms with Crippen LogP contribution in [0.1, 0.15) is 41.0 Å². The Kier molecular flexibility index (Phi) is 5.08. The second-order valence-corrected chi connectivity index (χ2v) is 9.23. The molecule has 2 N–H and O–H groups in total. The Bertz CT molecular complexity index is 1510. The summed E-state index contributed by atoms with van der Waals surface area (Å²) >= 11 is 0. The van der Waals surface area contributed by atoms with Gasteiger partial charge >= 0.3 is 0 Å². The Morgan fingerprint density at radius 1 is 1.11 bits per heavy atom. The summed E-state index contributed by atoms with van der Waals surface area (Å²) in [4.78, 5) is 17.6. The van der Waals surface area contributed by atoms with Gasteiger partial charge in [0.25, 0.3) is 5.91 Å². The van der Waals surface area contributed by atoms with E-state index >= 15 is 8.78 Å². The predicted molar refractivity (Wildman–Crippen MR) is 125 cm³/mol. The van der Waals surface area contributed by atoms with Gasteiger partial charge in [-0.25, -0.2) is 8.78 Å². The van der Waals surface area contributed by atoms with E-state index in [1.165, 1.54) is 18.3 Å². The fraction of sp³-hybridized carbons (Fsp3) is 0.240. The van der Waals surface area contributed by atoms with E-state index in [2.05, 4.69) is 10.1 Å². The smallest absolute Gasteiger partial charge is 0.258 e. The van der Waals surface area contributed by atoms with Crippen LogP contribution in [0.25, 0.3) is 22.0 Å². The Balaban J connectivity index is 1.56. The molecule has 1 aliphatic rings. The van der Waals surface area contributed by atoms with Crippen molar-refractivity contribution in [3.63, 3.8) is 0 Å². The van der Waals surface area contributed by atoms with Gasteiger partial charge in [0.2, 0.25) is 0 Å². The Morgan fingerprint density at radius 3 is 2.54 bits per heavy atom. The molecule has 0 saturated carbocycles. The summed E-state index contributed by atoms with van der Waals surface area (Å²) in [5.74, 6) is -2.15. The number of aliphatic hydroxyl groups is 2. The second kappa shape index (κ2) is 7.69. The molecule has 10 heteroatoms. The van der Waals surface area contributed by atoms with Crippen LogP contribution in [-0.2, 0) is 24.8 Å². The quantitative estimate of drug-likeness (QED) is 0.444. The van der Waals surface area contributed by atoms with Crippen molar-refractivity contribution in [1.29, 1.82) is 0 Å². The van der Waals surface area contributed by atoms with Crippen LogP contribution >= 0.6 is 0 Å². The molecule has 2 radical (unpaired) electrons. The maximum absolute atomic E-state index is 15.4. The van der Waals surface area contributed by atoms with Gasteiger partial charge in [-0.3, -0.25) is 14.5 Å². The Labute approximate surface area is 201 Å². The third-order valence-corrected chi connectivity index (χ3v) is 6.25. The molecule has 4 aromatic rings. The van der Waals surface area contributed by atoms with Crippen LogP contribution in [0.2, 0.25) is 0 Å². The first-order valence-corrected chi connectivity index (χ1v) is 10.9. The molecule has 2 aromatic carbocycles. The number of benzene rings is 2. The van der Waals surface area contributed by atoms with Crippen molar-refractivity contribution in [1.82, 2.24) is 19.7 Å². The number of halogens is 2. The molecule has 7 nitrogen and oxygen atoms in total. The van der Waals surface area contributed by atoms with E-state index in [0.717, 1.165) is 17.0 Å². The average Bonchev–Trinajstić information content (AvgIpc) is 3.26. The van der Waals surface area contributed by atoms with Crippen LogP contribution < -0.4 is 0 Å². The molecule has 0 bridgehead atoms. The summed E-state index contributed by atoms with van der Waals surface area (Å²) in [7, 11) is 7.65. The standard InChI is InChI=1S/C25H21BF2N4O3/c1-24(2,34)18-7-6-14(17-12-31(3)30-21(17)18)16-10-19(27)13(9-20(16)28)11-32-23(33)15-5-4-8-29-22(15)25(32,26)35/h4-10,12,34-35H,11H2,1-3H3. The first-order valence-electron chi connectivity index (χ1n) is 10.9. The van der Waals surface area contributed by atoms with Crippen molar-refractivity contribution in [3.05, 3.63) is 82.8 Å². The van der Waals surface area contributed by atoms with Crippen LogP contribution in [-0.4, -0.2) is 43.6 Å². The van der Waals surface area contributed by atoms with E-state index in [0.29, 0.717) is 22.0 Å². The van der Waals surface area contributed by atoms with Gasteiger partial charge in [-0.1, -0.05) is 12.1 Å². The van der Waals surface area contributed by atoms with Crippen molar-refractivity contribution in [2.24, 2.45) is 7.05 Å². The van der Waals surface area contributed by atoms with E-state index in [-0.39, 0.29) is 22.4 Å². The molecular formula is C25H21BF2N4O3. The van der Waals surface area contributed by atoms with Crippen molar-refractivity contribution in [2.45, 2.75) is 31.6 Å². The van der Waals surface area contributed by atoms with Crippen molar-refractivity contribution >= 4 is 24.7 Å². The molecule has 1 atom stereocenters. The highest BCUT2D eigenvalue weighted by atomic mass is 19.1. The van der Waals surface area contributed by atoms with Crippen LogP contribution in [0.15, 0.2) is 48.8 Å². The zero-order valence-electron chi connectivity index (χ0n) is 19.3. The van der Waals surface area contributed by atoms with Gasteiger partial charge in [0.05, 0.1) is 28.9 Å². The van der Waals surface area contributed by atoms with E-state index in [4.69, 9.17) is 7.85 Å². The molecule has 0 fully saturated rings. The third kappa shape index (κ3) is 3.60. The summed E-state index contributed by atoms with van der Waals surface area (Å²) in [5, 5.41) is 26.2. The maximum atomic E-state index is 15.4. The molecule has 2 aromatic heterocycles. The minimum Gasteiger partial charge on any atom is -0.386 e. The molecule has 5 rings (SSSR count). The molecule has 35 heavy (non-hydrogen) atoms. The molecular weight excluding hydrogens is 453 g/mol. The summed E-state index contributed by atoms with van der Waals surface area (Å²) in [6, 6.07) is 8.25. The number of carbonyl (C=O) groups is 1. The van der Waals surface area contributed by atoms with E-state index < -0.39 is 35.3 Å². The van der Waals surface area contributed by atoms with E-state index in [1.807, 2.05) is 0 Å². The monoisotopic (exact) mass is 474 g/mol. The minimum atomic E-state index is -2.26. The normalized spacial score (nSPS) is 17.9. The predicted octanol–water partition coefficient (Wildman–Crippen LogP) is 3.07. The van der Waals surface area contributed by atoms with Crippen LogP contribution in [0.4, 0.5) is 8.78 Å². The van der Waals surface area contributed by atoms with Gasteiger partial charge in [-0.2, -0.15) is 5.10 Å². The molecule has 1 amide bonds. The van der Waals surface area contributed by atoms with Gasteiger partial charge in [0, 0.05) is 41.5 Å². The van der Waals surface area contributed by atoms with Crippen molar-refractivity contribution < 1.29 is 23.8 Å². The number of hydrogen-bond donors (Lipinski definition) is 2. The Morgan fingerprint density at radius 2 is 1.86 bits per heavy atom. The SMILES string of the molecule is [B]C1(O)c2ncccc2C(=O)N1Cc1cc(F)c(-c2ccc(C(C)(C)O)c3nn(C)cc23)cc1F. The largest absolute Gasteiger partial charge is 0.386 e. The summed E-state index contributed by atoms with van der Waals surface area (Å²) in [6.45, 7) is 2.78. The number of amides is 1. The molecule has 176 valence electrons. The topological polar surface area (TPSA) is 91.5 Å². The highest BCUT2D eigenvalue weighted by molar-refractivity contribution is 6.19. The van der Waals surface area contributed by atoms with E-state index in [1.54, 1.807) is 43.9 Å². The van der Waals surface area contributed by atoms with E-state index in [9.17, 15) is 15.0 Å². The second-order valence-electron chi connectivity index (χ2n) is 9.23. The first kappa shape index (κ1) is 23.1. The summed E-state index contributed by atoms with van der Waals surface area (Å²) in [5.41, 5.74) is -2.14. The zero-order valence-corrected chi connectivity index (χ0v) is 19.3. The number of pyridine rings is 1. The Hall–Kier alpha value is -3.63. The van der Waals surface area contributed by atoms with Crippen molar-refractivity contribution in [3.8, 4) is 11.1 Å². The number of nitrogens with zero attached hydrogens (tertiary/aromatic N) is 4. The average molecular weight is 474 g/mol. The number of aryl methyl sites for hydroxylation is 1. The highest BCUT2D eigenvalue weighted by Gasteiger charge is 2.45.